The maximum Gasteiger partial charge on any atom is 0.315 e. The first-order chi connectivity index (χ1) is 11.8. The van der Waals surface area contributed by atoms with E-state index in [4.69, 9.17) is 4.42 Å². The first-order valence-corrected chi connectivity index (χ1v) is 8.80. The fraction of sp³-hybridized carbons (Fsp3) is 0.556. The van der Waals surface area contributed by atoms with Crippen LogP contribution in [0.2, 0.25) is 0 Å². The molecule has 0 saturated carbocycles. The Balaban J connectivity index is 0.00000169. The number of aromatic nitrogens is 2. The molecule has 1 aromatic heterocycles. The predicted octanol–water partition coefficient (Wildman–Crippen LogP) is 3.00. The molecular weight excluding hydrogens is 373 g/mol. The van der Waals surface area contributed by atoms with Crippen molar-refractivity contribution in [3.05, 3.63) is 41.8 Å². The van der Waals surface area contributed by atoms with Crippen LogP contribution in [0.1, 0.15) is 24.3 Å². The average Bonchev–Trinajstić information content (AvgIpc) is 3.07. The quantitative estimate of drug-likeness (QED) is 0.708. The van der Waals surface area contributed by atoms with Gasteiger partial charge in [0.25, 0.3) is 0 Å². The van der Waals surface area contributed by atoms with Gasteiger partial charge >= 0.3 is 6.01 Å². The zero-order valence-corrected chi connectivity index (χ0v) is 16.8. The van der Waals surface area contributed by atoms with Crippen LogP contribution in [0.15, 0.2) is 34.7 Å². The van der Waals surface area contributed by atoms with Crippen molar-refractivity contribution in [2.45, 2.75) is 25.8 Å². The third kappa shape index (κ3) is 7.11. The van der Waals surface area contributed by atoms with Crippen LogP contribution in [-0.4, -0.2) is 48.3 Å². The van der Waals surface area contributed by atoms with Crippen LogP contribution in [0.25, 0.3) is 0 Å². The molecule has 1 fully saturated rings. The van der Waals surface area contributed by atoms with Gasteiger partial charge in [-0.15, -0.1) is 29.9 Å². The standard InChI is InChI=1S/C18H27N5O.2ClH/c1-19-13-17-21-22-18(24-17)20-12-16-8-5-10-23(14-16)11-9-15-6-3-2-4-7-15;;/h2-4,6-7,16,19H,5,8-14H2,1H3,(H,20,22);2*1H. The summed E-state index contributed by atoms with van der Waals surface area (Å²) in [4.78, 5) is 2.57. The predicted molar refractivity (Wildman–Crippen MR) is 109 cm³/mol. The third-order valence-corrected chi connectivity index (χ3v) is 4.50. The van der Waals surface area contributed by atoms with E-state index < -0.39 is 0 Å². The van der Waals surface area contributed by atoms with Gasteiger partial charge < -0.3 is 20.0 Å². The molecule has 26 heavy (non-hydrogen) atoms. The van der Waals surface area contributed by atoms with Crippen LogP contribution < -0.4 is 10.6 Å². The zero-order chi connectivity index (χ0) is 16.6. The molecular formula is C18H29Cl2N5O. The Morgan fingerprint density at radius 3 is 2.77 bits per heavy atom. The monoisotopic (exact) mass is 401 g/mol. The topological polar surface area (TPSA) is 66.2 Å². The zero-order valence-electron chi connectivity index (χ0n) is 15.2. The van der Waals surface area contributed by atoms with Crippen molar-refractivity contribution in [1.29, 1.82) is 0 Å². The van der Waals surface area contributed by atoms with Gasteiger partial charge in [-0.2, -0.15) is 0 Å². The number of benzene rings is 1. The second-order valence-corrected chi connectivity index (χ2v) is 6.46. The van der Waals surface area contributed by atoms with Crippen molar-refractivity contribution in [1.82, 2.24) is 20.4 Å². The summed E-state index contributed by atoms with van der Waals surface area (Å²) in [6, 6.07) is 11.3. The van der Waals surface area contributed by atoms with Gasteiger partial charge in [-0.05, 0) is 44.3 Å². The van der Waals surface area contributed by atoms with E-state index in [9.17, 15) is 0 Å². The van der Waals surface area contributed by atoms with Crippen LogP contribution in [0.5, 0.6) is 0 Å². The van der Waals surface area contributed by atoms with Crippen molar-refractivity contribution < 1.29 is 4.42 Å². The minimum Gasteiger partial charge on any atom is -0.407 e. The third-order valence-electron chi connectivity index (χ3n) is 4.50. The molecule has 1 aliphatic heterocycles. The highest BCUT2D eigenvalue weighted by atomic mass is 35.5. The summed E-state index contributed by atoms with van der Waals surface area (Å²) in [6.45, 7) is 4.97. The minimum absolute atomic E-state index is 0. The van der Waals surface area contributed by atoms with Gasteiger partial charge in [-0.25, -0.2) is 0 Å². The number of nitrogens with zero attached hydrogens (tertiary/aromatic N) is 3. The van der Waals surface area contributed by atoms with Crippen LogP contribution in [-0.2, 0) is 13.0 Å². The minimum atomic E-state index is 0. The summed E-state index contributed by atoms with van der Waals surface area (Å²) in [5.41, 5.74) is 1.42. The van der Waals surface area contributed by atoms with Crippen LogP contribution in [0, 0.1) is 5.92 Å². The van der Waals surface area contributed by atoms with Crippen LogP contribution >= 0.6 is 24.8 Å². The second kappa shape index (κ2) is 12.1. The molecule has 2 heterocycles. The van der Waals surface area contributed by atoms with Gasteiger partial charge in [0.05, 0.1) is 6.54 Å². The van der Waals surface area contributed by atoms with Gasteiger partial charge in [0.15, 0.2) is 0 Å². The first-order valence-electron chi connectivity index (χ1n) is 8.80. The Bertz CT molecular complexity index is 611. The van der Waals surface area contributed by atoms with E-state index in [2.05, 4.69) is 56.1 Å². The molecule has 0 amide bonds. The van der Waals surface area contributed by atoms with E-state index in [1.165, 1.54) is 24.9 Å². The molecule has 0 radical (unpaired) electrons. The molecule has 3 rings (SSSR count). The SMILES string of the molecule is CNCc1nnc(NCC2CCCN(CCc3ccccc3)C2)o1.Cl.Cl. The van der Waals surface area contributed by atoms with Crippen molar-refractivity contribution in [2.24, 2.45) is 5.92 Å². The normalized spacial score (nSPS) is 17.2. The lowest BCUT2D eigenvalue weighted by Crippen LogP contribution is -2.39. The van der Waals surface area contributed by atoms with E-state index in [-0.39, 0.29) is 24.8 Å². The highest BCUT2D eigenvalue weighted by Crippen LogP contribution is 2.18. The van der Waals surface area contributed by atoms with Crippen molar-refractivity contribution >= 4 is 30.8 Å². The van der Waals surface area contributed by atoms with Gasteiger partial charge in [0, 0.05) is 19.6 Å². The maximum absolute atomic E-state index is 5.54. The number of hydrogen-bond acceptors (Lipinski definition) is 6. The molecule has 8 heteroatoms. The smallest absolute Gasteiger partial charge is 0.315 e. The molecule has 2 N–H and O–H groups in total. The van der Waals surface area contributed by atoms with Crippen molar-refractivity contribution in [3.63, 3.8) is 0 Å². The highest BCUT2D eigenvalue weighted by molar-refractivity contribution is 5.85. The number of nitrogens with one attached hydrogen (secondary N) is 2. The number of rotatable bonds is 8. The van der Waals surface area contributed by atoms with Crippen LogP contribution in [0.4, 0.5) is 6.01 Å². The fourth-order valence-electron chi connectivity index (χ4n) is 3.23. The average molecular weight is 402 g/mol. The Morgan fingerprint density at radius 2 is 2.00 bits per heavy atom. The number of likely N-dealkylation sites (tertiary alicyclic amines) is 1. The van der Waals surface area contributed by atoms with Gasteiger partial charge in [0.1, 0.15) is 0 Å². The summed E-state index contributed by atoms with van der Waals surface area (Å²) in [5.74, 6) is 1.25. The Hall–Kier alpha value is -1.34. The molecule has 1 saturated heterocycles. The number of piperidine rings is 1. The van der Waals surface area contributed by atoms with Crippen molar-refractivity contribution in [2.75, 3.05) is 38.5 Å². The Morgan fingerprint density at radius 1 is 1.19 bits per heavy atom. The van der Waals surface area contributed by atoms with Gasteiger partial charge in [0.2, 0.25) is 5.89 Å². The van der Waals surface area contributed by atoms with Crippen molar-refractivity contribution in [3.8, 4) is 0 Å². The molecule has 2 aromatic rings. The molecule has 1 aromatic carbocycles. The summed E-state index contributed by atoms with van der Waals surface area (Å²) >= 11 is 0. The summed E-state index contributed by atoms with van der Waals surface area (Å²) < 4.78 is 5.54. The fourth-order valence-corrected chi connectivity index (χ4v) is 3.23. The highest BCUT2D eigenvalue weighted by Gasteiger charge is 2.20. The number of halogens is 2. The van der Waals surface area contributed by atoms with E-state index in [0.717, 1.165) is 26.1 Å². The molecule has 6 nitrogen and oxygen atoms in total. The van der Waals surface area contributed by atoms with E-state index in [1.54, 1.807) is 0 Å². The van der Waals surface area contributed by atoms with Gasteiger partial charge in [-0.1, -0.05) is 35.4 Å². The summed E-state index contributed by atoms with van der Waals surface area (Å²) in [6.07, 6.45) is 3.64. The number of hydrogen-bond donors (Lipinski definition) is 2. The molecule has 0 bridgehead atoms. The summed E-state index contributed by atoms with van der Waals surface area (Å²) in [7, 11) is 1.86. The Labute approximate surface area is 167 Å². The first kappa shape index (κ1) is 22.7. The number of anilines is 1. The lowest BCUT2D eigenvalue weighted by Gasteiger charge is -2.32. The molecule has 0 spiro atoms. The van der Waals surface area contributed by atoms with E-state index in [0.29, 0.717) is 24.4 Å². The second-order valence-electron chi connectivity index (χ2n) is 6.46. The lowest BCUT2D eigenvalue weighted by molar-refractivity contribution is 0.182. The summed E-state index contributed by atoms with van der Waals surface area (Å²) in [5, 5.41) is 14.3. The largest absolute Gasteiger partial charge is 0.407 e. The molecule has 1 atom stereocenters. The molecule has 1 aliphatic rings. The maximum atomic E-state index is 5.54. The van der Waals surface area contributed by atoms with E-state index >= 15 is 0 Å². The van der Waals surface area contributed by atoms with Gasteiger partial charge in [-0.3, -0.25) is 0 Å². The van der Waals surface area contributed by atoms with E-state index in [1.807, 2.05) is 7.05 Å². The molecule has 0 aliphatic carbocycles. The lowest BCUT2D eigenvalue weighted by atomic mass is 9.97. The van der Waals surface area contributed by atoms with Crippen LogP contribution in [0.3, 0.4) is 0 Å². The molecule has 1 unspecified atom stereocenters. The molecule has 146 valence electrons. The Kier molecular flexibility index (Phi) is 10.6.